The van der Waals surface area contributed by atoms with Crippen molar-refractivity contribution in [2.24, 2.45) is 0 Å². The van der Waals surface area contributed by atoms with Gasteiger partial charge in [-0.05, 0) is 15.7 Å². The van der Waals surface area contributed by atoms with E-state index in [9.17, 15) is 0 Å². The first-order valence-electron chi connectivity index (χ1n) is 2.59. The van der Waals surface area contributed by atoms with Gasteiger partial charge in [0, 0.05) is 39.1 Å². The van der Waals surface area contributed by atoms with Crippen LogP contribution in [0.4, 0.5) is 0 Å². The number of hydrogen-bond donors (Lipinski definition) is 1. The predicted octanol–water partition coefficient (Wildman–Crippen LogP) is 1.37. The quantitative estimate of drug-likeness (QED) is 0.338. The van der Waals surface area contributed by atoms with Crippen molar-refractivity contribution in [3.63, 3.8) is 0 Å². The average Bonchev–Trinajstić information content (AvgIpc) is 1.83. The molecule has 0 aliphatic carbocycles. The molecule has 0 saturated heterocycles. The van der Waals surface area contributed by atoms with Gasteiger partial charge in [-0.3, -0.25) is 0 Å². The van der Waals surface area contributed by atoms with Crippen LogP contribution in [0.5, 0.6) is 0 Å². The molecule has 0 aromatic rings. The van der Waals surface area contributed by atoms with E-state index in [0.717, 1.165) is 19.0 Å². The summed E-state index contributed by atoms with van der Waals surface area (Å²) in [6.07, 6.45) is 2.93. The van der Waals surface area contributed by atoms with Crippen molar-refractivity contribution >= 4 is 9.24 Å². The molecule has 0 amide bonds. The van der Waals surface area contributed by atoms with Crippen LogP contribution in [0.3, 0.4) is 0 Å². The smallest absolute Gasteiger partial charge is 0.135 e. The minimum atomic E-state index is 0. The Morgan fingerprint density at radius 3 is 2.56 bits per heavy atom. The minimum absolute atomic E-state index is 0. The molecule has 0 aliphatic rings. The van der Waals surface area contributed by atoms with Crippen LogP contribution >= 0.6 is 9.24 Å². The molecule has 2 nitrogen and oxygen atoms in total. The summed E-state index contributed by atoms with van der Waals surface area (Å²) in [5.41, 5.74) is 0. The van der Waals surface area contributed by atoms with Gasteiger partial charge < -0.3 is 4.89 Å². The topological polar surface area (TPSA) is 29.5 Å². The van der Waals surface area contributed by atoms with E-state index in [2.05, 4.69) is 11.5 Å². The fourth-order valence-corrected chi connectivity index (χ4v) is 0.618. The van der Waals surface area contributed by atoms with Gasteiger partial charge in [0.05, 0.1) is 6.16 Å². The Kier molecular flexibility index (Phi) is 12.7. The fraction of sp³-hybridized carbons (Fsp3) is 0.600. The van der Waals surface area contributed by atoms with Crippen molar-refractivity contribution < 1.29 is 42.9 Å². The molecule has 0 rings (SSSR count). The summed E-state index contributed by atoms with van der Waals surface area (Å²) in [4.78, 5) is 3.86. The zero-order valence-corrected chi connectivity index (χ0v) is 9.72. The van der Waals surface area contributed by atoms with Crippen LogP contribution in [0, 0.1) is 0 Å². The number of rotatable bonds is 4. The molecule has 0 heterocycles. The molecule has 1 N–H and O–H groups in total. The third-order valence-corrected chi connectivity index (χ3v) is 1.33. The maximum absolute atomic E-state index is 7.96. The van der Waals surface area contributed by atoms with Crippen LogP contribution in [0.1, 0.15) is 12.8 Å². The van der Waals surface area contributed by atoms with Crippen molar-refractivity contribution in [3.8, 4) is 0 Å². The van der Waals surface area contributed by atoms with Gasteiger partial charge in [-0.15, -0.1) is 0 Å². The first kappa shape index (κ1) is 12.7. The van der Waals surface area contributed by atoms with E-state index in [4.69, 9.17) is 5.26 Å². The van der Waals surface area contributed by atoms with Crippen molar-refractivity contribution in [2.75, 3.05) is 6.16 Å². The molecule has 0 aliphatic heterocycles. The van der Waals surface area contributed by atoms with Gasteiger partial charge in [0.15, 0.2) is 0 Å². The molecule has 1 atom stereocenters. The van der Waals surface area contributed by atoms with E-state index in [-0.39, 0.29) is 32.7 Å². The maximum Gasteiger partial charge on any atom is 0.135 e. The number of allylic oxidation sites excluding steroid dienone is 1. The standard InChI is InChI=1S/C5H11O2P.Y/c1-5(7-6)3-2-4-8;/h6H,1-4,8H2;/p+1. The summed E-state index contributed by atoms with van der Waals surface area (Å²) < 4.78 is 0. The van der Waals surface area contributed by atoms with E-state index in [1.165, 1.54) is 0 Å². The molecule has 0 fully saturated rings. The van der Waals surface area contributed by atoms with Gasteiger partial charge in [0.25, 0.3) is 0 Å². The fourth-order valence-electron chi connectivity index (χ4n) is 0.368. The van der Waals surface area contributed by atoms with Crippen LogP contribution < -0.4 is 0 Å². The van der Waals surface area contributed by atoms with E-state index < -0.39 is 0 Å². The molecule has 0 bridgehead atoms. The third kappa shape index (κ3) is 9.03. The predicted molar refractivity (Wildman–Crippen MR) is 38.1 cm³/mol. The maximum atomic E-state index is 7.96. The minimum Gasteiger partial charge on any atom is -0.345 e. The summed E-state index contributed by atoms with van der Waals surface area (Å²) in [6.45, 7) is 3.44. The second-order valence-corrected chi connectivity index (χ2v) is 2.29. The zero-order chi connectivity index (χ0) is 6.41. The van der Waals surface area contributed by atoms with Crippen LogP contribution in [0.15, 0.2) is 12.3 Å². The first-order valence-corrected chi connectivity index (χ1v) is 3.59. The van der Waals surface area contributed by atoms with Crippen molar-refractivity contribution in [3.05, 3.63) is 12.3 Å². The van der Waals surface area contributed by atoms with Crippen molar-refractivity contribution in [2.45, 2.75) is 12.8 Å². The van der Waals surface area contributed by atoms with E-state index in [1.807, 2.05) is 9.24 Å². The Morgan fingerprint density at radius 1 is 1.67 bits per heavy atom. The summed E-state index contributed by atoms with van der Waals surface area (Å²) in [6, 6.07) is 0. The third-order valence-electron chi connectivity index (χ3n) is 0.835. The Balaban J connectivity index is 0. The molecular formula is C5H12O2PY+. The van der Waals surface area contributed by atoms with Gasteiger partial charge >= 0.3 is 0 Å². The Labute approximate surface area is 83.1 Å². The molecular weight excluding hydrogens is 212 g/mol. The summed E-state index contributed by atoms with van der Waals surface area (Å²) in [5, 5.41) is 7.96. The van der Waals surface area contributed by atoms with E-state index in [1.54, 1.807) is 0 Å². The average molecular weight is 224 g/mol. The van der Waals surface area contributed by atoms with E-state index >= 15 is 0 Å². The SMILES string of the molecule is C=C(CCC[PH3+])OO.[Y]. The monoisotopic (exact) mass is 224 g/mol. The van der Waals surface area contributed by atoms with Crippen LogP contribution in [-0.2, 0) is 37.6 Å². The van der Waals surface area contributed by atoms with Crippen molar-refractivity contribution in [1.82, 2.24) is 0 Å². The molecule has 0 saturated carbocycles. The van der Waals surface area contributed by atoms with Gasteiger partial charge in [0.2, 0.25) is 0 Å². The molecule has 4 heteroatoms. The Bertz CT molecular complexity index is 77.4. The van der Waals surface area contributed by atoms with Crippen molar-refractivity contribution in [1.29, 1.82) is 0 Å². The van der Waals surface area contributed by atoms with Crippen LogP contribution in [0.25, 0.3) is 0 Å². The zero-order valence-electron chi connectivity index (χ0n) is 5.47. The Hall–Kier alpha value is 1.03. The molecule has 0 aromatic heterocycles. The summed E-state index contributed by atoms with van der Waals surface area (Å²) >= 11 is 0. The molecule has 0 aromatic carbocycles. The second-order valence-electron chi connectivity index (χ2n) is 1.59. The summed E-state index contributed by atoms with van der Waals surface area (Å²) in [5.74, 6) is 0.455. The van der Waals surface area contributed by atoms with Gasteiger partial charge in [-0.1, -0.05) is 6.58 Å². The van der Waals surface area contributed by atoms with Crippen LogP contribution in [-0.4, -0.2) is 11.4 Å². The second kappa shape index (κ2) is 9.03. The largest absolute Gasteiger partial charge is 0.345 e. The normalized spacial score (nSPS) is 8.11. The van der Waals surface area contributed by atoms with Crippen LogP contribution in [0.2, 0.25) is 0 Å². The number of hydrogen-bond acceptors (Lipinski definition) is 2. The van der Waals surface area contributed by atoms with Gasteiger partial charge in [0.1, 0.15) is 5.76 Å². The molecule has 1 unspecified atom stereocenters. The Morgan fingerprint density at radius 2 is 2.22 bits per heavy atom. The molecule has 1 radical (unpaired) electrons. The molecule has 51 valence electrons. The molecule has 9 heavy (non-hydrogen) atoms. The first-order chi connectivity index (χ1) is 3.81. The summed E-state index contributed by atoms with van der Waals surface area (Å²) in [7, 11) is 1.90. The van der Waals surface area contributed by atoms with Gasteiger partial charge in [-0.25, -0.2) is 5.26 Å². The molecule has 0 spiro atoms. The van der Waals surface area contributed by atoms with E-state index in [0.29, 0.717) is 5.76 Å². The van der Waals surface area contributed by atoms with Gasteiger partial charge in [-0.2, -0.15) is 0 Å².